The Morgan fingerprint density at radius 1 is 1.29 bits per heavy atom. The van der Waals surface area contributed by atoms with Crippen molar-refractivity contribution in [2.24, 2.45) is 0 Å². The highest BCUT2D eigenvalue weighted by Gasteiger charge is 2.13. The Morgan fingerprint density at radius 3 is 2.82 bits per heavy atom. The maximum absolute atomic E-state index is 13.6. The standard InChI is InChI=1S/C12H8BrFN2O/c13-10-5-1-4-9(11(10)14)12(17)16-8-3-2-6-15-7-8/h1-7H,(H,16,17). The number of hydrogen-bond donors (Lipinski definition) is 1. The molecule has 3 nitrogen and oxygen atoms in total. The highest BCUT2D eigenvalue weighted by Crippen LogP contribution is 2.19. The minimum atomic E-state index is -0.575. The Kier molecular flexibility index (Phi) is 3.49. The lowest BCUT2D eigenvalue weighted by Gasteiger charge is -2.06. The van der Waals surface area contributed by atoms with Crippen LogP contribution < -0.4 is 5.32 Å². The molecular formula is C12H8BrFN2O. The lowest BCUT2D eigenvalue weighted by molar-refractivity contribution is 0.102. The van der Waals surface area contributed by atoms with Crippen molar-refractivity contribution in [2.45, 2.75) is 0 Å². The maximum Gasteiger partial charge on any atom is 0.258 e. The first-order chi connectivity index (χ1) is 8.18. The minimum absolute atomic E-state index is 0.0109. The van der Waals surface area contributed by atoms with Gasteiger partial charge < -0.3 is 5.32 Å². The number of amides is 1. The van der Waals surface area contributed by atoms with Gasteiger partial charge in [-0.15, -0.1) is 0 Å². The maximum atomic E-state index is 13.6. The molecule has 1 aromatic heterocycles. The molecule has 0 fully saturated rings. The van der Waals surface area contributed by atoms with Crippen LogP contribution in [0.4, 0.5) is 10.1 Å². The molecule has 0 saturated carbocycles. The summed E-state index contributed by atoms with van der Waals surface area (Å²) < 4.78 is 13.9. The second-order valence-electron chi connectivity index (χ2n) is 3.30. The van der Waals surface area contributed by atoms with E-state index in [4.69, 9.17) is 0 Å². The fourth-order valence-corrected chi connectivity index (χ4v) is 1.68. The average Bonchev–Trinajstić information content (AvgIpc) is 2.34. The number of rotatable bonds is 2. The number of halogens is 2. The molecule has 2 rings (SSSR count). The molecule has 5 heteroatoms. The Bertz CT molecular complexity index is 545. The summed E-state index contributed by atoms with van der Waals surface area (Å²) in [7, 11) is 0. The van der Waals surface area contributed by atoms with Crippen LogP contribution in [0.1, 0.15) is 10.4 Å². The number of hydrogen-bond acceptors (Lipinski definition) is 2. The van der Waals surface area contributed by atoms with Crippen molar-refractivity contribution in [3.8, 4) is 0 Å². The highest BCUT2D eigenvalue weighted by molar-refractivity contribution is 9.10. The van der Waals surface area contributed by atoms with Gasteiger partial charge in [-0.05, 0) is 40.2 Å². The zero-order valence-electron chi connectivity index (χ0n) is 8.65. The van der Waals surface area contributed by atoms with E-state index in [0.717, 1.165) is 0 Å². The Morgan fingerprint density at radius 2 is 2.12 bits per heavy atom. The van der Waals surface area contributed by atoms with Gasteiger partial charge in [0.1, 0.15) is 5.82 Å². The van der Waals surface area contributed by atoms with Gasteiger partial charge in [0.05, 0.1) is 21.9 Å². The monoisotopic (exact) mass is 294 g/mol. The lowest BCUT2D eigenvalue weighted by Crippen LogP contribution is -2.14. The van der Waals surface area contributed by atoms with Gasteiger partial charge in [0, 0.05) is 6.20 Å². The molecule has 0 aliphatic heterocycles. The van der Waals surface area contributed by atoms with Crippen LogP contribution in [0, 0.1) is 5.82 Å². The highest BCUT2D eigenvalue weighted by atomic mass is 79.9. The number of benzene rings is 1. The van der Waals surface area contributed by atoms with Gasteiger partial charge in [0.25, 0.3) is 5.91 Å². The van der Waals surface area contributed by atoms with Crippen LogP contribution in [-0.4, -0.2) is 10.9 Å². The largest absolute Gasteiger partial charge is 0.320 e. The second-order valence-corrected chi connectivity index (χ2v) is 4.15. The van der Waals surface area contributed by atoms with E-state index in [-0.39, 0.29) is 10.0 Å². The first-order valence-corrected chi connectivity index (χ1v) is 5.63. The van der Waals surface area contributed by atoms with Crippen LogP contribution in [0.3, 0.4) is 0 Å². The van der Waals surface area contributed by atoms with Crippen LogP contribution in [0.5, 0.6) is 0 Å². The van der Waals surface area contributed by atoms with Crippen molar-refractivity contribution in [1.82, 2.24) is 4.98 Å². The molecule has 17 heavy (non-hydrogen) atoms. The van der Waals surface area contributed by atoms with Gasteiger partial charge in [0.2, 0.25) is 0 Å². The summed E-state index contributed by atoms with van der Waals surface area (Å²) in [4.78, 5) is 15.6. The summed E-state index contributed by atoms with van der Waals surface area (Å²) in [6, 6.07) is 7.93. The molecule has 0 aliphatic carbocycles. The number of nitrogens with one attached hydrogen (secondary N) is 1. The topological polar surface area (TPSA) is 42.0 Å². The first kappa shape index (κ1) is 11.7. The SMILES string of the molecule is O=C(Nc1cccnc1)c1cccc(Br)c1F. The van der Waals surface area contributed by atoms with Gasteiger partial charge in [-0.2, -0.15) is 0 Å². The van der Waals surface area contributed by atoms with Crippen LogP contribution in [0.2, 0.25) is 0 Å². The second kappa shape index (κ2) is 5.05. The zero-order chi connectivity index (χ0) is 12.3. The van der Waals surface area contributed by atoms with E-state index >= 15 is 0 Å². The molecule has 1 heterocycles. The van der Waals surface area contributed by atoms with Crippen molar-refractivity contribution in [3.63, 3.8) is 0 Å². The van der Waals surface area contributed by atoms with Crippen molar-refractivity contribution in [3.05, 3.63) is 58.6 Å². The van der Waals surface area contributed by atoms with Gasteiger partial charge in [0.15, 0.2) is 0 Å². The number of nitrogens with zero attached hydrogens (tertiary/aromatic N) is 1. The number of carbonyl (C=O) groups is 1. The minimum Gasteiger partial charge on any atom is -0.320 e. The van der Waals surface area contributed by atoms with E-state index in [1.54, 1.807) is 24.4 Å². The molecule has 1 N–H and O–H groups in total. The summed E-state index contributed by atoms with van der Waals surface area (Å²) in [6.45, 7) is 0. The summed E-state index contributed by atoms with van der Waals surface area (Å²) in [5, 5.41) is 2.56. The predicted molar refractivity (Wildman–Crippen MR) is 66.3 cm³/mol. The van der Waals surface area contributed by atoms with Crippen LogP contribution in [0.25, 0.3) is 0 Å². The molecule has 0 unspecified atom stereocenters. The van der Waals surface area contributed by atoms with Crippen molar-refractivity contribution >= 4 is 27.5 Å². The average molecular weight is 295 g/mol. The van der Waals surface area contributed by atoms with Crippen molar-refractivity contribution in [1.29, 1.82) is 0 Å². The summed E-state index contributed by atoms with van der Waals surface area (Å²) in [5.74, 6) is -1.08. The first-order valence-electron chi connectivity index (χ1n) is 4.84. The number of pyridine rings is 1. The summed E-state index contributed by atoms with van der Waals surface area (Å²) in [5.41, 5.74) is 0.514. The van der Waals surface area contributed by atoms with Crippen molar-refractivity contribution < 1.29 is 9.18 Å². The molecule has 0 atom stereocenters. The number of carbonyl (C=O) groups excluding carboxylic acids is 1. The van der Waals surface area contributed by atoms with Gasteiger partial charge in [-0.1, -0.05) is 6.07 Å². The third-order valence-electron chi connectivity index (χ3n) is 2.12. The Balaban J connectivity index is 2.24. The van der Waals surface area contributed by atoms with E-state index in [2.05, 4.69) is 26.2 Å². The molecule has 2 aromatic rings. The van der Waals surface area contributed by atoms with E-state index in [0.29, 0.717) is 5.69 Å². The molecule has 0 aliphatic rings. The van der Waals surface area contributed by atoms with Crippen LogP contribution >= 0.6 is 15.9 Å². The Labute approximate surface area is 106 Å². The van der Waals surface area contributed by atoms with E-state index in [9.17, 15) is 9.18 Å². The fraction of sp³-hybridized carbons (Fsp3) is 0. The molecule has 0 bridgehead atoms. The van der Waals surface area contributed by atoms with Gasteiger partial charge in [-0.3, -0.25) is 9.78 Å². The van der Waals surface area contributed by atoms with Gasteiger partial charge in [-0.25, -0.2) is 4.39 Å². The zero-order valence-corrected chi connectivity index (χ0v) is 10.2. The molecule has 1 aromatic carbocycles. The number of aromatic nitrogens is 1. The van der Waals surface area contributed by atoms with Crippen LogP contribution in [0.15, 0.2) is 47.2 Å². The summed E-state index contributed by atoms with van der Waals surface area (Å²) >= 11 is 3.03. The molecular weight excluding hydrogens is 287 g/mol. The Hall–Kier alpha value is -1.75. The third kappa shape index (κ3) is 2.68. The lowest BCUT2D eigenvalue weighted by atomic mass is 10.2. The van der Waals surface area contributed by atoms with E-state index in [1.165, 1.54) is 18.3 Å². The third-order valence-corrected chi connectivity index (χ3v) is 2.73. The fourth-order valence-electron chi connectivity index (χ4n) is 1.31. The van der Waals surface area contributed by atoms with Crippen LogP contribution in [-0.2, 0) is 0 Å². The molecule has 0 radical (unpaired) electrons. The smallest absolute Gasteiger partial charge is 0.258 e. The number of anilines is 1. The molecule has 0 saturated heterocycles. The predicted octanol–water partition coefficient (Wildman–Crippen LogP) is 3.24. The molecule has 0 spiro atoms. The normalized spacial score (nSPS) is 10.0. The molecule has 1 amide bonds. The van der Waals surface area contributed by atoms with Gasteiger partial charge >= 0.3 is 0 Å². The quantitative estimate of drug-likeness (QED) is 0.924. The van der Waals surface area contributed by atoms with E-state index < -0.39 is 11.7 Å². The molecule has 86 valence electrons. The van der Waals surface area contributed by atoms with E-state index in [1.807, 2.05) is 0 Å². The summed E-state index contributed by atoms with van der Waals surface area (Å²) in [6.07, 6.45) is 3.09. The van der Waals surface area contributed by atoms with Crippen molar-refractivity contribution in [2.75, 3.05) is 5.32 Å².